The number of amides is 1. The topological polar surface area (TPSA) is 115 Å². The van der Waals surface area contributed by atoms with E-state index < -0.39 is 23.0 Å². The van der Waals surface area contributed by atoms with E-state index in [9.17, 15) is 18.8 Å². The van der Waals surface area contributed by atoms with Crippen molar-refractivity contribution in [3.63, 3.8) is 0 Å². The van der Waals surface area contributed by atoms with Crippen LogP contribution in [0.5, 0.6) is 11.5 Å². The number of hydrogen-bond acceptors (Lipinski definition) is 6. The van der Waals surface area contributed by atoms with E-state index in [1.807, 2.05) is 0 Å². The molecule has 0 spiro atoms. The van der Waals surface area contributed by atoms with Crippen LogP contribution in [0.1, 0.15) is 12.5 Å². The Kier molecular flexibility index (Phi) is 7.01. The number of ether oxygens (including phenoxy) is 2. The summed E-state index contributed by atoms with van der Waals surface area (Å²) in [6.45, 7) is 1.79. The first-order chi connectivity index (χ1) is 16.9. The summed E-state index contributed by atoms with van der Waals surface area (Å²) >= 11 is 0. The minimum absolute atomic E-state index is 0.305. The Morgan fingerprint density at radius 1 is 1.06 bits per heavy atom. The number of H-pyrrole nitrogens is 1. The van der Waals surface area contributed by atoms with E-state index >= 15 is 0 Å². The number of hydrogen-bond donors (Lipinski definition) is 2. The van der Waals surface area contributed by atoms with Crippen molar-refractivity contribution in [2.24, 2.45) is 5.10 Å². The van der Waals surface area contributed by atoms with Gasteiger partial charge < -0.3 is 19.8 Å². The van der Waals surface area contributed by atoms with E-state index in [-0.39, 0.29) is 6.61 Å². The van der Waals surface area contributed by atoms with Gasteiger partial charge in [-0.3, -0.25) is 9.59 Å². The number of nitrogens with zero attached hydrogens (tertiary/aromatic N) is 2. The lowest BCUT2D eigenvalue weighted by molar-refractivity contribution is -0.118. The van der Waals surface area contributed by atoms with Gasteiger partial charge in [0, 0.05) is 5.69 Å². The molecular formula is C25H21FN4O5. The number of benzene rings is 3. The summed E-state index contributed by atoms with van der Waals surface area (Å²) in [6, 6.07) is 17.0. The lowest BCUT2D eigenvalue weighted by Gasteiger charge is -2.12. The maximum Gasteiger partial charge on any atom is 0.349 e. The third-order valence-corrected chi connectivity index (χ3v) is 4.84. The van der Waals surface area contributed by atoms with Crippen LogP contribution in [0.15, 0.2) is 81.4 Å². The summed E-state index contributed by atoms with van der Waals surface area (Å²) in [5.74, 6) is -0.292. The monoisotopic (exact) mass is 476 g/mol. The zero-order valence-electron chi connectivity index (χ0n) is 18.7. The van der Waals surface area contributed by atoms with Gasteiger partial charge in [-0.1, -0.05) is 18.2 Å². The fourth-order valence-corrected chi connectivity index (χ4v) is 3.28. The van der Waals surface area contributed by atoms with Gasteiger partial charge in [0.15, 0.2) is 18.1 Å². The van der Waals surface area contributed by atoms with Gasteiger partial charge in [-0.05, 0) is 61.0 Å². The first-order valence-electron chi connectivity index (χ1n) is 10.7. The van der Waals surface area contributed by atoms with Gasteiger partial charge in [0.05, 0.1) is 23.7 Å². The highest BCUT2D eigenvalue weighted by Gasteiger charge is 2.10. The number of halogens is 1. The fraction of sp³-hybridized carbons (Fsp3) is 0.120. The van der Waals surface area contributed by atoms with E-state index in [0.29, 0.717) is 40.3 Å². The van der Waals surface area contributed by atoms with Crippen LogP contribution in [0.3, 0.4) is 0 Å². The van der Waals surface area contributed by atoms with Crippen LogP contribution < -0.4 is 26.0 Å². The van der Waals surface area contributed by atoms with Gasteiger partial charge in [0.2, 0.25) is 0 Å². The number of carbonyl (C=O) groups is 1. The largest absolute Gasteiger partial charge is 0.490 e. The van der Waals surface area contributed by atoms with Crippen LogP contribution in [0.4, 0.5) is 10.1 Å². The molecule has 0 atom stereocenters. The lowest BCUT2D eigenvalue weighted by Crippen LogP contribution is -2.32. The first-order valence-corrected chi connectivity index (χ1v) is 10.7. The highest BCUT2D eigenvalue weighted by atomic mass is 19.1. The number of rotatable bonds is 8. The normalized spacial score (nSPS) is 11.0. The molecular weight excluding hydrogens is 455 g/mol. The van der Waals surface area contributed by atoms with Crippen molar-refractivity contribution in [2.75, 3.05) is 18.5 Å². The van der Waals surface area contributed by atoms with Gasteiger partial charge in [-0.25, -0.2) is 9.18 Å². The zero-order valence-corrected chi connectivity index (χ0v) is 18.7. The second-order valence-electron chi connectivity index (χ2n) is 7.32. The summed E-state index contributed by atoms with van der Waals surface area (Å²) < 4.78 is 25.2. The third kappa shape index (κ3) is 5.61. The number of fused-ring (bicyclic) bond motifs is 1. The summed E-state index contributed by atoms with van der Waals surface area (Å²) in [5, 5.41) is 6.91. The summed E-state index contributed by atoms with van der Waals surface area (Å²) in [4.78, 5) is 39.7. The Hall–Kier alpha value is -4.73. The molecule has 0 bridgehead atoms. The minimum Gasteiger partial charge on any atom is -0.490 e. The SMILES string of the molecule is CCOc1cc(C=Nn2c(=O)[nH]c3ccccc3c2=O)ccc1OCC(=O)Nc1cccc(F)c1. The molecule has 9 nitrogen and oxygen atoms in total. The molecule has 4 rings (SSSR count). The number of anilines is 1. The van der Waals surface area contributed by atoms with Crippen molar-refractivity contribution in [3.8, 4) is 11.5 Å². The molecule has 1 aromatic heterocycles. The van der Waals surface area contributed by atoms with Crippen LogP contribution in [0.25, 0.3) is 10.9 Å². The molecule has 1 heterocycles. The van der Waals surface area contributed by atoms with Crippen molar-refractivity contribution >= 4 is 28.7 Å². The Labute approximate surface area is 198 Å². The Morgan fingerprint density at radius 3 is 2.69 bits per heavy atom. The molecule has 1 amide bonds. The number of para-hydroxylation sites is 1. The number of carbonyl (C=O) groups excluding carboxylic acids is 1. The van der Waals surface area contributed by atoms with Crippen molar-refractivity contribution in [3.05, 3.63) is 98.9 Å². The molecule has 2 N–H and O–H groups in total. The van der Waals surface area contributed by atoms with Crippen LogP contribution in [-0.4, -0.2) is 35.0 Å². The maximum atomic E-state index is 13.3. The molecule has 3 aromatic carbocycles. The van der Waals surface area contributed by atoms with E-state index in [2.05, 4.69) is 15.4 Å². The molecule has 10 heteroatoms. The molecule has 0 saturated heterocycles. The highest BCUT2D eigenvalue weighted by molar-refractivity contribution is 5.92. The van der Waals surface area contributed by atoms with E-state index in [4.69, 9.17) is 9.47 Å². The zero-order chi connectivity index (χ0) is 24.8. The average molecular weight is 476 g/mol. The van der Waals surface area contributed by atoms with Gasteiger partial charge in [-0.15, -0.1) is 4.68 Å². The first kappa shape index (κ1) is 23.4. The van der Waals surface area contributed by atoms with Crippen molar-refractivity contribution in [1.29, 1.82) is 0 Å². The summed E-state index contributed by atoms with van der Waals surface area (Å²) in [5.41, 5.74) is 0.0586. The summed E-state index contributed by atoms with van der Waals surface area (Å²) in [6.07, 6.45) is 1.34. The standard InChI is InChI=1S/C25H21FN4O5/c1-2-34-22-12-16(14-27-30-24(32)19-8-3-4-9-20(19)29-25(30)33)10-11-21(22)35-15-23(31)28-18-7-5-6-17(26)13-18/h3-14H,2,15H2,1H3,(H,28,31)(H,29,33). The lowest BCUT2D eigenvalue weighted by atomic mass is 10.2. The predicted molar refractivity (Wildman–Crippen MR) is 130 cm³/mol. The maximum absolute atomic E-state index is 13.3. The molecule has 0 aliphatic rings. The molecule has 0 aliphatic carbocycles. The van der Waals surface area contributed by atoms with Crippen LogP contribution >= 0.6 is 0 Å². The molecule has 0 saturated carbocycles. The van der Waals surface area contributed by atoms with Crippen molar-refractivity contribution in [2.45, 2.75) is 6.92 Å². The quantitative estimate of drug-likeness (QED) is 0.379. The van der Waals surface area contributed by atoms with E-state index in [1.54, 1.807) is 55.5 Å². The Balaban J connectivity index is 1.51. The molecule has 0 aliphatic heterocycles. The molecule has 178 valence electrons. The van der Waals surface area contributed by atoms with Crippen LogP contribution in [-0.2, 0) is 4.79 Å². The van der Waals surface area contributed by atoms with Gasteiger partial charge >= 0.3 is 5.69 Å². The second kappa shape index (κ2) is 10.5. The smallest absolute Gasteiger partial charge is 0.349 e. The minimum atomic E-state index is -0.667. The number of aromatic amines is 1. The fourth-order valence-electron chi connectivity index (χ4n) is 3.28. The molecule has 0 fully saturated rings. The molecule has 4 aromatic rings. The molecule has 0 unspecified atom stereocenters. The number of aromatic nitrogens is 2. The van der Waals surface area contributed by atoms with Crippen molar-refractivity contribution in [1.82, 2.24) is 9.66 Å². The van der Waals surface area contributed by atoms with Crippen LogP contribution in [0.2, 0.25) is 0 Å². The Morgan fingerprint density at radius 2 is 1.89 bits per heavy atom. The van der Waals surface area contributed by atoms with Gasteiger partial charge in [-0.2, -0.15) is 5.10 Å². The molecule has 0 radical (unpaired) electrons. The van der Waals surface area contributed by atoms with Crippen molar-refractivity contribution < 1.29 is 18.7 Å². The molecule has 35 heavy (non-hydrogen) atoms. The Bertz CT molecular complexity index is 1530. The number of nitrogens with one attached hydrogen (secondary N) is 2. The second-order valence-corrected chi connectivity index (χ2v) is 7.32. The van der Waals surface area contributed by atoms with Gasteiger partial charge in [0.25, 0.3) is 11.5 Å². The highest BCUT2D eigenvalue weighted by Crippen LogP contribution is 2.28. The third-order valence-electron chi connectivity index (χ3n) is 4.84. The van der Waals surface area contributed by atoms with E-state index in [0.717, 1.165) is 4.68 Å². The summed E-state index contributed by atoms with van der Waals surface area (Å²) in [7, 11) is 0. The van der Waals surface area contributed by atoms with Gasteiger partial charge in [0.1, 0.15) is 5.82 Å². The average Bonchev–Trinajstić information content (AvgIpc) is 2.83. The predicted octanol–water partition coefficient (Wildman–Crippen LogP) is 3.13. The van der Waals surface area contributed by atoms with Crippen LogP contribution in [0, 0.1) is 5.82 Å². The van der Waals surface area contributed by atoms with E-state index in [1.165, 1.54) is 24.4 Å².